The summed E-state index contributed by atoms with van der Waals surface area (Å²) in [4.78, 5) is 26.7. The molecule has 2 aliphatic heterocycles. The van der Waals surface area contributed by atoms with Crippen LogP contribution < -0.4 is 0 Å². The van der Waals surface area contributed by atoms with Crippen molar-refractivity contribution in [2.75, 3.05) is 27.2 Å². The molecule has 0 amide bonds. The van der Waals surface area contributed by atoms with Gasteiger partial charge in [-0.15, -0.1) is 0 Å². The van der Waals surface area contributed by atoms with Gasteiger partial charge in [-0.3, -0.25) is 14.5 Å². The second-order valence-electron chi connectivity index (χ2n) is 3.89. The number of hydrogen-bond acceptors (Lipinski definition) is 6. The number of fused-ring (bicyclic) bond motifs is 2. The van der Waals surface area contributed by atoms with Crippen LogP contribution in [0.25, 0.3) is 0 Å². The van der Waals surface area contributed by atoms with Crippen LogP contribution in [0.1, 0.15) is 0 Å². The van der Waals surface area contributed by atoms with Crippen molar-refractivity contribution in [2.45, 2.75) is 12.1 Å². The number of carbonyl (C=O) groups is 2. The predicted octanol–water partition coefficient (Wildman–Crippen LogP) is -1.76. The van der Waals surface area contributed by atoms with Gasteiger partial charge in [-0.1, -0.05) is 0 Å². The maximum atomic E-state index is 11.5. The largest absolute Gasteiger partial charge is 0.662 e. The summed E-state index contributed by atoms with van der Waals surface area (Å²) in [5, 5.41) is 0. The van der Waals surface area contributed by atoms with E-state index in [0.717, 1.165) is 7.69 Å². The molecule has 2 rings (SSSR count). The molecule has 6 nitrogen and oxygen atoms in total. The van der Waals surface area contributed by atoms with Crippen molar-refractivity contribution in [1.29, 1.82) is 0 Å². The molecule has 2 saturated heterocycles. The summed E-state index contributed by atoms with van der Waals surface area (Å²) < 4.78 is 9.36. The van der Waals surface area contributed by atoms with Gasteiger partial charge in [0.15, 0.2) is 0 Å². The maximum Gasteiger partial charge on any atom is 0.662 e. The van der Waals surface area contributed by atoms with Gasteiger partial charge < -0.3 is 14.2 Å². The lowest BCUT2D eigenvalue weighted by Gasteiger charge is -2.42. The fourth-order valence-corrected chi connectivity index (χ4v) is 1.90. The van der Waals surface area contributed by atoms with Crippen molar-refractivity contribution in [3.8, 4) is 0 Å². The number of piperazine rings is 1. The van der Waals surface area contributed by atoms with Crippen LogP contribution in [0.4, 0.5) is 0 Å². The van der Waals surface area contributed by atoms with Crippen LogP contribution in [0, 0.1) is 0 Å². The van der Waals surface area contributed by atoms with Crippen molar-refractivity contribution in [3.63, 3.8) is 0 Å². The summed E-state index contributed by atoms with van der Waals surface area (Å²) in [6.07, 6.45) is 0. The Kier molecular flexibility index (Phi) is 2.66. The summed E-state index contributed by atoms with van der Waals surface area (Å²) in [5.41, 5.74) is 0. The molecule has 0 aromatic heterocycles. The molecule has 15 heavy (non-hydrogen) atoms. The average Bonchev–Trinajstić information content (AvgIpc) is 2.19. The molecule has 2 fully saturated rings. The molecule has 2 bridgehead atoms. The van der Waals surface area contributed by atoms with E-state index in [1.54, 1.807) is 11.9 Å². The molecule has 2 atom stereocenters. The van der Waals surface area contributed by atoms with Crippen LogP contribution >= 0.6 is 0 Å². The first-order valence-electron chi connectivity index (χ1n) is 4.73. The van der Waals surface area contributed by atoms with Crippen molar-refractivity contribution in [1.82, 2.24) is 9.80 Å². The zero-order chi connectivity index (χ0) is 11.0. The van der Waals surface area contributed by atoms with E-state index in [1.807, 2.05) is 11.9 Å². The molecule has 81 valence electrons. The number of nitrogens with zero attached hydrogens (tertiary/aromatic N) is 2. The van der Waals surface area contributed by atoms with Crippen LogP contribution in [0.5, 0.6) is 0 Å². The Hall–Kier alpha value is -1.08. The van der Waals surface area contributed by atoms with Crippen LogP contribution in [-0.4, -0.2) is 68.7 Å². The molecule has 0 aliphatic carbocycles. The van der Waals surface area contributed by atoms with Crippen LogP contribution in [0.3, 0.4) is 0 Å². The van der Waals surface area contributed by atoms with Gasteiger partial charge in [0.25, 0.3) is 0 Å². The quantitative estimate of drug-likeness (QED) is 0.442. The summed E-state index contributed by atoms with van der Waals surface area (Å²) in [6.45, 7) is 1.12. The fourth-order valence-electron chi connectivity index (χ4n) is 1.90. The van der Waals surface area contributed by atoms with E-state index < -0.39 is 12.1 Å². The van der Waals surface area contributed by atoms with Gasteiger partial charge in [0.1, 0.15) is 12.1 Å². The van der Waals surface area contributed by atoms with Crippen molar-refractivity contribution >= 4 is 19.6 Å². The van der Waals surface area contributed by atoms with E-state index >= 15 is 0 Å². The topological polar surface area (TPSA) is 59.1 Å². The number of hydrogen-bond donors (Lipinski definition) is 0. The number of likely N-dealkylation sites (N-methyl/N-ethyl adjacent to an activating group) is 2. The fraction of sp³-hybridized carbons (Fsp3) is 0.750. The summed E-state index contributed by atoms with van der Waals surface area (Å²) in [6, 6.07) is -0.810. The van der Waals surface area contributed by atoms with E-state index in [-0.39, 0.29) is 11.9 Å². The highest BCUT2D eigenvalue weighted by Crippen LogP contribution is 2.16. The molecule has 2 heterocycles. The Morgan fingerprint density at radius 3 is 2.07 bits per heavy atom. The third kappa shape index (κ3) is 1.84. The second kappa shape index (κ2) is 3.82. The van der Waals surface area contributed by atoms with Gasteiger partial charge >= 0.3 is 19.6 Å². The molecule has 1 radical (unpaired) electrons. The van der Waals surface area contributed by atoms with Gasteiger partial charge in [-0.05, 0) is 14.1 Å². The molecular formula is C8H12BN2O4. The van der Waals surface area contributed by atoms with E-state index in [1.165, 1.54) is 0 Å². The molecule has 0 N–H and O–H groups in total. The smallest absolute Gasteiger partial charge is 0.498 e. The summed E-state index contributed by atoms with van der Waals surface area (Å²) >= 11 is 0. The minimum absolute atomic E-state index is 0.387. The van der Waals surface area contributed by atoms with E-state index in [9.17, 15) is 9.59 Å². The molecule has 0 aromatic carbocycles. The van der Waals surface area contributed by atoms with Crippen molar-refractivity contribution in [2.24, 2.45) is 0 Å². The monoisotopic (exact) mass is 211 g/mol. The predicted molar refractivity (Wildman–Crippen MR) is 50.8 cm³/mol. The molecular weight excluding hydrogens is 199 g/mol. The third-order valence-electron chi connectivity index (χ3n) is 2.83. The standard InChI is InChI=1S/C8H12BN2O4/c1-10-3-5-7(12)14-9-15-8(13)6(4-10)11(5)2/h5-6H,3-4H2,1-2H3/t5-,6+. The normalized spacial score (nSPS) is 33.5. The first kappa shape index (κ1) is 10.4. The van der Waals surface area contributed by atoms with E-state index in [0.29, 0.717) is 13.1 Å². The van der Waals surface area contributed by atoms with Crippen molar-refractivity contribution in [3.05, 3.63) is 0 Å². The minimum atomic E-state index is -0.405. The van der Waals surface area contributed by atoms with Gasteiger partial charge in [-0.25, -0.2) is 0 Å². The molecule has 0 aromatic rings. The SMILES string of the molecule is CN1C[C@@H]2C(=O)O[B]OC(=O)[C@H](C1)N2C. The van der Waals surface area contributed by atoms with Crippen molar-refractivity contribution < 1.29 is 18.9 Å². The van der Waals surface area contributed by atoms with Crippen LogP contribution in [-0.2, 0) is 18.9 Å². The lowest BCUT2D eigenvalue weighted by atomic mass is 10.1. The molecule has 0 spiro atoms. The zero-order valence-corrected chi connectivity index (χ0v) is 8.67. The highest BCUT2D eigenvalue weighted by Gasteiger charge is 2.42. The van der Waals surface area contributed by atoms with Crippen LogP contribution in [0.15, 0.2) is 0 Å². The minimum Gasteiger partial charge on any atom is -0.498 e. The lowest BCUT2D eigenvalue weighted by Crippen LogP contribution is -2.63. The Bertz CT molecular complexity index is 272. The summed E-state index contributed by atoms with van der Waals surface area (Å²) in [7, 11) is 4.41. The second-order valence-corrected chi connectivity index (χ2v) is 3.89. The maximum absolute atomic E-state index is 11.5. The van der Waals surface area contributed by atoms with E-state index in [2.05, 4.69) is 9.31 Å². The Labute approximate surface area is 88.4 Å². The summed E-state index contributed by atoms with van der Waals surface area (Å²) in [5.74, 6) is -0.775. The Morgan fingerprint density at radius 1 is 1.13 bits per heavy atom. The number of carbonyl (C=O) groups excluding carboxylic acids is 2. The molecule has 0 saturated carbocycles. The van der Waals surface area contributed by atoms with Gasteiger partial charge in [0, 0.05) is 13.1 Å². The highest BCUT2D eigenvalue weighted by atomic mass is 16.6. The van der Waals surface area contributed by atoms with Gasteiger partial charge in [0.05, 0.1) is 0 Å². The molecule has 7 heteroatoms. The molecule has 2 aliphatic rings. The highest BCUT2D eigenvalue weighted by molar-refractivity contribution is 6.26. The zero-order valence-electron chi connectivity index (χ0n) is 8.67. The third-order valence-corrected chi connectivity index (χ3v) is 2.83. The average molecular weight is 211 g/mol. The van der Waals surface area contributed by atoms with E-state index in [4.69, 9.17) is 0 Å². The van der Waals surface area contributed by atoms with Crippen LogP contribution in [0.2, 0.25) is 0 Å². The first-order chi connectivity index (χ1) is 7.09. The molecule has 0 unspecified atom stereocenters. The first-order valence-corrected chi connectivity index (χ1v) is 4.73. The Morgan fingerprint density at radius 2 is 1.60 bits per heavy atom. The van der Waals surface area contributed by atoms with Gasteiger partial charge in [0.2, 0.25) is 0 Å². The number of rotatable bonds is 0. The Balaban J connectivity index is 2.24. The van der Waals surface area contributed by atoms with Gasteiger partial charge in [-0.2, -0.15) is 0 Å². The lowest BCUT2D eigenvalue weighted by molar-refractivity contribution is -0.157.